The van der Waals surface area contributed by atoms with Crippen LogP contribution in [0.15, 0.2) is 18.3 Å². The van der Waals surface area contributed by atoms with E-state index in [1.807, 2.05) is 35.7 Å². The van der Waals surface area contributed by atoms with Crippen LogP contribution in [0, 0.1) is 5.82 Å². The first kappa shape index (κ1) is 16.5. The number of carbonyl (C=O) groups excluding carboxylic acids is 1. The van der Waals surface area contributed by atoms with Crippen molar-refractivity contribution in [1.29, 1.82) is 0 Å². The van der Waals surface area contributed by atoms with Gasteiger partial charge in [0.25, 0.3) is 5.88 Å². The number of ether oxygens (including phenoxy) is 1. The SMILES string of the molecule is CN(C)CCC(=O)N1CC2(C[C@@H](Oc3ncccc3F)CS2)C1. The largest absolute Gasteiger partial charge is 0.471 e. The Bertz CT molecular complexity index is 578. The molecule has 3 rings (SSSR count). The highest BCUT2D eigenvalue weighted by molar-refractivity contribution is 8.01. The standard InChI is InChI=1S/C16H22FN3O2S/c1-19(2)7-5-14(21)20-10-16(11-20)8-12(9-23-16)22-15-13(17)4-3-6-18-15/h3-4,6,12H,5,7-11H2,1-2H3/t12-/m1/s1. The first-order valence-corrected chi connectivity index (χ1v) is 8.80. The number of likely N-dealkylation sites (tertiary alicyclic amines) is 1. The van der Waals surface area contributed by atoms with Crippen LogP contribution in [0.5, 0.6) is 5.88 Å². The lowest BCUT2D eigenvalue weighted by Crippen LogP contribution is -2.61. The molecule has 1 amide bonds. The Balaban J connectivity index is 1.48. The molecule has 0 radical (unpaired) electrons. The van der Waals surface area contributed by atoms with Gasteiger partial charge in [-0.25, -0.2) is 9.37 Å². The highest BCUT2D eigenvalue weighted by Crippen LogP contribution is 2.46. The van der Waals surface area contributed by atoms with E-state index in [1.165, 1.54) is 12.3 Å². The van der Waals surface area contributed by atoms with Gasteiger partial charge in [-0.05, 0) is 26.2 Å². The molecule has 0 N–H and O–H groups in total. The minimum atomic E-state index is -0.424. The van der Waals surface area contributed by atoms with Crippen molar-refractivity contribution >= 4 is 17.7 Å². The molecule has 126 valence electrons. The molecule has 0 unspecified atom stereocenters. The summed E-state index contributed by atoms with van der Waals surface area (Å²) in [5.41, 5.74) is 0. The lowest BCUT2D eigenvalue weighted by atomic mass is 9.92. The van der Waals surface area contributed by atoms with E-state index in [9.17, 15) is 9.18 Å². The molecule has 23 heavy (non-hydrogen) atoms. The van der Waals surface area contributed by atoms with Crippen molar-refractivity contribution in [2.75, 3.05) is 39.5 Å². The second-order valence-corrected chi connectivity index (χ2v) is 8.02. The van der Waals surface area contributed by atoms with Crippen LogP contribution in [0.3, 0.4) is 0 Å². The molecular formula is C16H22FN3O2S. The number of hydrogen-bond donors (Lipinski definition) is 0. The van der Waals surface area contributed by atoms with Crippen LogP contribution in [0.2, 0.25) is 0 Å². The van der Waals surface area contributed by atoms with Crippen molar-refractivity contribution in [1.82, 2.24) is 14.8 Å². The van der Waals surface area contributed by atoms with Crippen molar-refractivity contribution in [3.63, 3.8) is 0 Å². The number of hydrogen-bond acceptors (Lipinski definition) is 5. The molecule has 1 aromatic heterocycles. The van der Waals surface area contributed by atoms with Crippen molar-refractivity contribution < 1.29 is 13.9 Å². The lowest BCUT2D eigenvalue weighted by molar-refractivity contribution is -0.136. The number of amides is 1. The summed E-state index contributed by atoms with van der Waals surface area (Å²) in [4.78, 5) is 20.0. The van der Waals surface area contributed by atoms with Gasteiger partial charge in [-0.15, -0.1) is 11.8 Å². The summed E-state index contributed by atoms with van der Waals surface area (Å²) in [6, 6.07) is 2.91. The molecule has 0 aliphatic carbocycles. The minimum Gasteiger partial charge on any atom is -0.471 e. The van der Waals surface area contributed by atoms with Crippen LogP contribution in [0.25, 0.3) is 0 Å². The van der Waals surface area contributed by atoms with Crippen LogP contribution in [-0.2, 0) is 4.79 Å². The van der Waals surface area contributed by atoms with Crippen molar-refractivity contribution in [2.45, 2.75) is 23.7 Å². The summed E-state index contributed by atoms with van der Waals surface area (Å²) in [6.07, 6.45) is 2.89. The van der Waals surface area contributed by atoms with Gasteiger partial charge in [-0.3, -0.25) is 4.79 Å². The van der Waals surface area contributed by atoms with Gasteiger partial charge in [0.15, 0.2) is 5.82 Å². The molecular weight excluding hydrogens is 317 g/mol. The first-order valence-electron chi connectivity index (χ1n) is 7.81. The topological polar surface area (TPSA) is 45.7 Å². The number of aromatic nitrogens is 1. The van der Waals surface area contributed by atoms with Gasteiger partial charge in [-0.1, -0.05) is 0 Å². The Hall–Kier alpha value is -1.34. The molecule has 1 atom stereocenters. The molecule has 0 saturated carbocycles. The average molecular weight is 339 g/mol. The summed E-state index contributed by atoms with van der Waals surface area (Å²) in [5, 5.41) is 0. The van der Waals surface area contributed by atoms with E-state index in [0.717, 1.165) is 31.8 Å². The number of thioether (sulfide) groups is 1. The third-order valence-corrected chi connectivity index (χ3v) is 5.84. The number of halogens is 1. The molecule has 1 aromatic rings. The average Bonchev–Trinajstić information content (AvgIpc) is 2.90. The van der Waals surface area contributed by atoms with Gasteiger partial charge >= 0.3 is 0 Å². The van der Waals surface area contributed by atoms with E-state index in [0.29, 0.717) is 6.42 Å². The van der Waals surface area contributed by atoms with E-state index < -0.39 is 5.82 Å². The minimum absolute atomic E-state index is 0.0385. The third kappa shape index (κ3) is 3.77. The second kappa shape index (κ2) is 6.65. The zero-order chi connectivity index (χ0) is 16.4. The van der Waals surface area contributed by atoms with Crippen LogP contribution in [0.1, 0.15) is 12.8 Å². The summed E-state index contributed by atoms with van der Waals surface area (Å²) in [6.45, 7) is 2.32. The van der Waals surface area contributed by atoms with Gasteiger partial charge in [0, 0.05) is 44.4 Å². The summed E-state index contributed by atoms with van der Waals surface area (Å²) in [7, 11) is 3.94. The molecule has 1 spiro atoms. The summed E-state index contributed by atoms with van der Waals surface area (Å²) in [5.74, 6) is 0.682. The molecule has 2 aliphatic rings. The summed E-state index contributed by atoms with van der Waals surface area (Å²) >= 11 is 1.83. The number of nitrogens with zero attached hydrogens (tertiary/aromatic N) is 3. The Labute approximate surface area is 140 Å². The Morgan fingerprint density at radius 2 is 2.35 bits per heavy atom. The van der Waals surface area contributed by atoms with Gasteiger partial charge in [0.05, 0.1) is 4.75 Å². The number of pyridine rings is 1. The fraction of sp³-hybridized carbons (Fsp3) is 0.625. The van der Waals surface area contributed by atoms with Crippen LogP contribution >= 0.6 is 11.8 Å². The predicted molar refractivity (Wildman–Crippen MR) is 88.2 cm³/mol. The smallest absolute Gasteiger partial charge is 0.250 e. The highest BCUT2D eigenvalue weighted by atomic mass is 32.2. The highest BCUT2D eigenvalue weighted by Gasteiger charge is 2.51. The number of rotatable bonds is 5. The van der Waals surface area contributed by atoms with Crippen LogP contribution < -0.4 is 4.74 Å². The molecule has 5 nitrogen and oxygen atoms in total. The normalized spacial score (nSPS) is 22.4. The van der Waals surface area contributed by atoms with Crippen molar-refractivity contribution in [3.05, 3.63) is 24.1 Å². The van der Waals surface area contributed by atoms with Crippen molar-refractivity contribution in [3.8, 4) is 5.88 Å². The van der Waals surface area contributed by atoms with Gasteiger partial charge in [0.1, 0.15) is 6.10 Å². The fourth-order valence-electron chi connectivity index (χ4n) is 3.02. The number of carbonyl (C=O) groups is 1. The van der Waals surface area contributed by atoms with E-state index in [4.69, 9.17) is 4.74 Å². The molecule has 2 saturated heterocycles. The molecule has 3 heterocycles. The van der Waals surface area contributed by atoms with Gasteiger partial charge in [0.2, 0.25) is 5.91 Å². The third-order valence-electron chi connectivity index (χ3n) is 4.26. The second-order valence-electron chi connectivity index (χ2n) is 6.53. The Morgan fingerprint density at radius 3 is 3.04 bits per heavy atom. The molecule has 7 heteroatoms. The first-order chi connectivity index (χ1) is 11.0. The van der Waals surface area contributed by atoms with Crippen LogP contribution in [0.4, 0.5) is 4.39 Å². The van der Waals surface area contributed by atoms with Crippen molar-refractivity contribution in [2.24, 2.45) is 0 Å². The Kier molecular flexibility index (Phi) is 4.77. The van der Waals surface area contributed by atoms with Crippen LogP contribution in [-0.4, -0.2) is 71.0 Å². The molecule has 2 aliphatic heterocycles. The maximum atomic E-state index is 13.6. The zero-order valence-corrected chi connectivity index (χ0v) is 14.3. The van der Waals surface area contributed by atoms with E-state index in [1.54, 1.807) is 6.07 Å². The van der Waals surface area contributed by atoms with E-state index in [-0.39, 0.29) is 22.6 Å². The molecule has 2 fully saturated rings. The molecule has 0 bridgehead atoms. The van der Waals surface area contributed by atoms with Gasteiger partial charge in [-0.2, -0.15) is 0 Å². The maximum Gasteiger partial charge on any atom is 0.250 e. The monoisotopic (exact) mass is 339 g/mol. The molecule has 0 aromatic carbocycles. The predicted octanol–water partition coefficient (Wildman–Crippen LogP) is 1.64. The Morgan fingerprint density at radius 1 is 1.57 bits per heavy atom. The van der Waals surface area contributed by atoms with E-state index in [2.05, 4.69) is 4.98 Å². The maximum absolute atomic E-state index is 13.6. The zero-order valence-electron chi connectivity index (χ0n) is 13.5. The lowest BCUT2D eigenvalue weighted by Gasteiger charge is -2.47. The van der Waals surface area contributed by atoms with E-state index >= 15 is 0 Å². The summed E-state index contributed by atoms with van der Waals surface area (Å²) < 4.78 is 19.4. The fourth-order valence-corrected chi connectivity index (χ4v) is 4.54. The van der Waals surface area contributed by atoms with Gasteiger partial charge < -0.3 is 14.5 Å². The quantitative estimate of drug-likeness (QED) is 0.816.